The highest BCUT2D eigenvalue weighted by atomic mass is 16.2. The van der Waals surface area contributed by atoms with Crippen LogP contribution in [0, 0.1) is 17.8 Å². The SMILES string of the molecule is CC(C)CC1NC(=O)C(C(C)C)NC(=O)[C@@H](C)NC(=O)C(Cc2c[nH]c3ccccc23)NC(=O)[C@@H](C)NC(=O)CCCNC(=O)C(C(C)C)NC1=O. The van der Waals surface area contributed by atoms with Gasteiger partial charge in [-0.1, -0.05) is 59.7 Å². The average molecular weight is 725 g/mol. The standard InChI is InChI=1S/C37H56N8O7/c1-19(2)16-27-35(50)45-30(20(3)4)36(51)38-15-11-14-29(46)40-22(7)32(47)42-28(17-24-18-39-26-13-10-9-12-25(24)26)34(49)41-23(8)33(48)44-31(21(5)6)37(52)43-27/h9-10,12-13,18-23,27-28,30-31,39H,11,14-17H2,1-8H3,(H,38,51)(H,40,46)(H,41,49)(H,42,47)(H,43,52)(H,44,48)(H,45,50)/t22-,23-,27?,28?,30?,31?/m1/s1. The second kappa shape index (κ2) is 19.0. The zero-order chi connectivity index (χ0) is 38.7. The molecule has 15 heteroatoms. The number of hydrogen-bond acceptors (Lipinski definition) is 7. The maximum atomic E-state index is 13.7. The number of fused-ring (bicyclic) bond motifs is 1. The summed E-state index contributed by atoms with van der Waals surface area (Å²) in [6.45, 7) is 13.9. The topological polar surface area (TPSA) is 219 Å². The first-order chi connectivity index (χ1) is 24.5. The molecule has 1 aliphatic heterocycles. The van der Waals surface area contributed by atoms with Gasteiger partial charge in [0.05, 0.1) is 0 Å². The van der Waals surface area contributed by atoms with Gasteiger partial charge < -0.3 is 42.2 Å². The van der Waals surface area contributed by atoms with Crippen molar-refractivity contribution in [1.82, 2.24) is 42.2 Å². The van der Waals surface area contributed by atoms with Crippen molar-refractivity contribution in [2.75, 3.05) is 6.54 Å². The summed E-state index contributed by atoms with van der Waals surface area (Å²) in [5.41, 5.74) is 1.59. The van der Waals surface area contributed by atoms with Crippen LogP contribution >= 0.6 is 0 Å². The minimum absolute atomic E-state index is 0.00102. The van der Waals surface area contributed by atoms with E-state index in [-0.39, 0.29) is 44.1 Å². The van der Waals surface area contributed by atoms with Crippen molar-refractivity contribution < 1.29 is 33.6 Å². The predicted molar refractivity (Wildman–Crippen MR) is 196 cm³/mol. The lowest BCUT2D eigenvalue weighted by Gasteiger charge is -2.29. The number of amides is 7. The molecule has 8 N–H and O–H groups in total. The van der Waals surface area contributed by atoms with Crippen molar-refractivity contribution in [3.8, 4) is 0 Å². The first kappa shape index (κ1) is 41.5. The van der Waals surface area contributed by atoms with Crippen LogP contribution in [0.5, 0.6) is 0 Å². The number of H-pyrrole nitrogens is 1. The lowest BCUT2D eigenvalue weighted by Crippen LogP contribution is -2.60. The summed E-state index contributed by atoms with van der Waals surface area (Å²) in [5, 5.41) is 19.9. The Morgan fingerprint density at radius 2 is 1.19 bits per heavy atom. The summed E-state index contributed by atoms with van der Waals surface area (Å²) in [6.07, 6.45) is 2.35. The largest absolute Gasteiger partial charge is 0.361 e. The van der Waals surface area contributed by atoms with Gasteiger partial charge in [0.1, 0.15) is 36.3 Å². The molecule has 7 amide bonds. The fraction of sp³-hybridized carbons (Fsp3) is 0.595. The summed E-state index contributed by atoms with van der Waals surface area (Å²) in [5.74, 6) is -4.62. The number of para-hydroxylation sites is 1. The third-order valence-corrected chi connectivity index (χ3v) is 8.97. The van der Waals surface area contributed by atoms with E-state index in [2.05, 4.69) is 42.2 Å². The van der Waals surface area contributed by atoms with Gasteiger partial charge in [-0.05, 0) is 56.1 Å². The van der Waals surface area contributed by atoms with Crippen LogP contribution in [0.25, 0.3) is 10.9 Å². The van der Waals surface area contributed by atoms with Gasteiger partial charge in [-0.15, -0.1) is 0 Å². The molecular weight excluding hydrogens is 668 g/mol. The maximum absolute atomic E-state index is 13.7. The second-order valence-electron chi connectivity index (χ2n) is 14.7. The van der Waals surface area contributed by atoms with E-state index >= 15 is 0 Å². The molecule has 2 aromatic rings. The van der Waals surface area contributed by atoms with Crippen LogP contribution in [-0.4, -0.2) is 89.1 Å². The molecule has 1 aliphatic rings. The van der Waals surface area contributed by atoms with Crippen LogP contribution in [0.3, 0.4) is 0 Å². The number of nitrogens with one attached hydrogen (secondary N) is 8. The van der Waals surface area contributed by atoms with Crippen LogP contribution in [0.1, 0.15) is 80.2 Å². The average Bonchev–Trinajstić information content (AvgIpc) is 3.48. The molecular formula is C37H56N8O7. The minimum Gasteiger partial charge on any atom is -0.361 e. The van der Waals surface area contributed by atoms with E-state index in [1.54, 1.807) is 33.9 Å². The molecule has 0 bridgehead atoms. The van der Waals surface area contributed by atoms with E-state index < -0.39 is 83.5 Å². The molecule has 0 aliphatic carbocycles. The Morgan fingerprint density at radius 3 is 1.85 bits per heavy atom. The molecule has 6 atom stereocenters. The molecule has 0 saturated carbocycles. The Kier molecular flexibility index (Phi) is 15.2. The number of benzene rings is 1. The van der Waals surface area contributed by atoms with E-state index in [9.17, 15) is 33.6 Å². The number of carbonyl (C=O) groups excluding carboxylic acids is 7. The molecule has 1 aromatic heterocycles. The summed E-state index contributed by atoms with van der Waals surface area (Å²) >= 11 is 0. The number of aromatic amines is 1. The van der Waals surface area contributed by atoms with Crippen molar-refractivity contribution in [1.29, 1.82) is 0 Å². The highest BCUT2D eigenvalue weighted by Crippen LogP contribution is 2.19. The number of aromatic nitrogens is 1. The molecule has 1 aromatic carbocycles. The van der Waals surface area contributed by atoms with E-state index in [0.717, 1.165) is 16.5 Å². The van der Waals surface area contributed by atoms with Gasteiger partial charge in [-0.3, -0.25) is 33.6 Å². The molecule has 3 rings (SSSR count). The summed E-state index contributed by atoms with van der Waals surface area (Å²) < 4.78 is 0. The Balaban J connectivity index is 1.93. The number of carbonyl (C=O) groups is 7. The van der Waals surface area contributed by atoms with E-state index in [1.807, 2.05) is 38.1 Å². The third kappa shape index (κ3) is 11.8. The third-order valence-electron chi connectivity index (χ3n) is 8.97. The minimum atomic E-state index is -1.13. The van der Waals surface area contributed by atoms with Crippen molar-refractivity contribution in [2.45, 2.75) is 117 Å². The predicted octanol–water partition coefficient (Wildman–Crippen LogP) is 0.927. The van der Waals surface area contributed by atoms with Crippen molar-refractivity contribution >= 4 is 52.3 Å². The molecule has 4 unspecified atom stereocenters. The zero-order valence-electron chi connectivity index (χ0n) is 31.5. The van der Waals surface area contributed by atoms with E-state index in [1.165, 1.54) is 13.8 Å². The number of hydrogen-bond donors (Lipinski definition) is 8. The first-order valence-corrected chi connectivity index (χ1v) is 18.1. The smallest absolute Gasteiger partial charge is 0.243 e. The van der Waals surface area contributed by atoms with Crippen LogP contribution in [-0.2, 0) is 40.0 Å². The molecule has 1 fully saturated rings. The lowest BCUT2D eigenvalue weighted by molar-refractivity contribution is -0.136. The van der Waals surface area contributed by atoms with Gasteiger partial charge in [0.25, 0.3) is 0 Å². The van der Waals surface area contributed by atoms with Crippen LogP contribution in [0.4, 0.5) is 0 Å². The van der Waals surface area contributed by atoms with Gasteiger partial charge in [-0.25, -0.2) is 0 Å². The van der Waals surface area contributed by atoms with Gasteiger partial charge in [-0.2, -0.15) is 0 Å². The Morgan fingerprint density at radius 1 is 0.635 bits per heavy atom. The van der Waals surface area contributed by atoms with Crippen LogP contribution < -0.4 is 37.2 Å². The number of rotatable bonds is 6. The van der Waals surface area contributed by atoms with E-state index in [0.29, 0.717) is 0 Å². The van der Waals surface area contributed by atoms with Gasteiger partial charge in [0, 0.05) is 36.5 Å². The van der Waals surface area contributed by atoms with Crippen molar-refractivity contribution in [3.05, 3.63) is 36.0 Å². The summed E-state index contributed by atoms with van der Waals surface area (Å²) in [4.78, 5) is 96.8. The van der Waals surface area contributed by atoms with Crippen LogP contribution in [0.2, 0.25) is 0 Å². The fourth-order valence-corrected chi connectivity index (χ4v) is 5.92. The molecule has 15 nitrogen and oxygen atoms in total. The van der Waals surface area contributed by atoms with Crippen molar-refractivity contribution in [2.24, 2.45) is 17.8 Å². The highest BCUT2D eigenvalue weighted by Gasteiger charge is 2.34. The highest BCUT2D eigenvalue weighted by molar-refractivity contribution is 5.97. The lowest BCUT2D eigenvalue weighted by atomic mass is 9.98. The molecule has 0 radical (unpaired) electrons. The summed E-state index contributed by atoms with van der Waals surface area (Å²) in [7, 11) is 0. The van der Waals surface area contributed by atoms with Gasteiger partial charge in [0.15, 0.2) is 0 Å². The summed E-state index contributed by atoms with van der Waals surface area (Å²) in [6, 6.07) is 1.25. The maximum Gasteiger partial charge on any atom is 0.243 e. The molecule has 52 heavy (non-hydrogen) atoms. The monoisotopic (exact) mass is 724 g/mol. The normalized spacial score (nSPS) is 25.6. The van der Waals surface area contributed by atoms with E-state index in [4.69, 9.17) is 0 Å². The Hall–Kier alpha value is -4.95. The van der Waals surface area contributed by atoms with Crippen LogP contribution in [0.15, 0.2) is 30.5 Å². The Bertz CT molecular complexity index is 1600. The fourth-order valence-electron chi connectivity index (χ4n) is 5.92. The molecule has 2 heterocycles. The van der Waals surface area contributed by atoms with Gasteiger partial charge >= 0.3 is 0 Å². The molecule has 286 valence electrons. The Labute approximate surface area is 305 Å². The quantitative estimate of drug-likeness (QED) is 0.215. The van der Waals surface area contributed by atoms with Crippen molar-refractivity contribution in [3.63, 3.8) is 0 Å². The molecule has 1 saturated heterocycles. The molecule has 0 spiro atoms. The first-order valence-electron chi connectivity index (χ1n) is 18.1. The van der Waals surface area contributed by atoms with Gasteiger partial charge in [0.2, 0.25) is 41.4 Å². The zero-order valence-corrected chi connectivity index (χ0v) is 31.5. The second-order valence-corrected chi connectivity index (χ2v) is 14.7.